The number of para-hydroxylation sites is 1. The van der Waals surface area contributed by atoms with Crippen molar-refractivity contribution in [2.45, 2.75) is 18.7 Å². The summed E-state index contributed by atoms with van der Waals surface area (Å²) in [7, 11) is -2.30. The molecule has 8 heteroatoms. The third-order valence-electron chi connectivity index (χ3n) is 3.91. The van der Waals surface area contributed by atoms with Crippen molar-refractivity contribution >= 4 is 27.6 Å². The maximum Gasteiger partial charge on any atom is 0.338 e. The highest BCUT2D eigenvalue weighted by Crippen LogP contribution is 2.22. The molecule has 7 nitrogen and oxygen atoms in total. The second-order valence-electron chi connectivity index (χ2n) is 6.61. The van der Waals surface area contributed by atoms with Gasteiger partial charge < -0.3 is 10.1 Å². The van der Waals surface area contributed by atoms with Crippen LogP contribution in [0.15, 0.2) is 59.5 Å². The minimum absolute atomic E-state index is 0.0464. The molecule has 0 fully saturated rings. The van der Waals surface area contributed by atoms with Crippen LogP contribution in [-0.2, 0) is 19.6 Å². The Morgan fingerprint density at radius 3 is 2.21 bits per heavy atom. The van der Waals surface area contributed by atoms with E-state index in [2.05, 4.69) is 5.32 Å². The lowest BCUT2D eigenvalue weighted by Crippen LogP contribution is -2.31. The Balaban J connectivity index is 2.02. The predicted octanol–water partition coefficient (Wildman–Crippen LogP) is 2.44. The number of hydrogen-bond donors (Lipinski definition) is 1. The third-order valence-corrected chi connectivity index (χ3v) is 5.71. The molecule has 0 spiro atoms. The van der Waals surface area contributed by atoms with E-state index in [1.54, 1.807) is 30.3 Å². The monoisotopic (exact) mass is 404 g/mol. The summed E-state index contributed by atoms with van der Waals surface area (Å²) in [6, 6.07) is 14.1. The van der Waals surface area contributed by atoms with Gasteiger partial charge in [0.05, 0.1) is 16.1 Å². The van der Waals surface area contributed by atoms with Crippen LogP contribution in [0.4, 0.5) is 5.69 Å². The molecule has 0 aliphatic heterocycles. The van der Waals surface area contributed by atoms with Gasteiger partial charge in [-0.3, -0.25) is 9.10 Å². The fourth-order valence-electron chi connectivity index (χ4n) is 2.28. The number of sulfonamides is 1. The second kappa shape index (κ2) is 9.36. The summed E-state index contributed by atoms with van der Waals surface area (Å²) >= 11 is 0. The molecule has 28 heavy (non-hydrogen) atoms. The molecule has 2 aromatic carbocycles. The number of benzene rings is 2. The molecule has 2 aromatic rings. The first kappa shape index (κ1) is 21.4. The van der Waals surface area contributed by atoms with Crippen LogP contribution < -0.4 is 9.62 Å². The maximum atomic E-state index is 12.7. The Hall–Kier alpha value is -2.87. The van der Waals surface area contributed by atoms with E-state index in [4.69, 9.17) is 4.74 Å². The van der Waals surface area contributed by atoms with E-state index in [0.717, 1.165) is 0 Å². The molecule has 1 amide bonds. The zero-order chi connectivity index (χ0) is 20.7. The number of anilines is 1. The largest absolute Gasteiger partial charge is 0.452 e. The fraction of sp³-hybridized carbons (Fsp3) is 0.300. The SMILES string of the molecule is CC(C)CNC(=O)COC(=O)c1ccc(S(=O)(=O)N(C)c2ccccc2)cc1. The van der Waals surface area contributed by atoms with Crippen LogP contribution in [0.3, 0.4) is 0 Å². The van der Waals surface area contributed by atoms with Gasteiger partial charge in [-0.05, 0) is 42.3 Å². The van der Waals surface area contributed by atoms with E-state index in [9.17, 15) is 18.0 Å². The smallest absolute Gasteiger partial charge is 0.338 e. The van der Waals surface area contributed by atoms with Gasteiger partial charge in [-0.2, -0.15) is 0 Å². The van der Waals surface area contributed by atoms with Crippen LogP contribution in [0.5, 0.6) is 0 Å². The highest BCUT2D eigenvalue weighted by molar-refractivity contribution is 7.92. The fourth-order valence-corrected chi connectivity index (χ4v) is 3.48. The number of nitrogens with one attached hydrogen (secondary N) is 1. The Kier molecular flexibility index (Phi) is 7.17. The van der Waals surface area contributed by atoms with E-state index in [0.29, 0.717) is 18.2 Å². The van der Waals surface area contributed by atoms with Crippen molar-refractivity contribution in [3.63, 3.8) is 0 Å². The van der Waals surface area contributed by atoms with Gasteiger partial charge >= 0.3 is 5.97 Å². The molecule has 0 atom stereocenters. The lowest BCUT2D eigenvalue weighted by atomic mass is 10.2. The molecule has 0 radical (unpaired) electrons. The van der Waals surface area contributed by atoms with Crippen molar-refractivity contribution in [2.24, 2.45) is 5.92 Å². The summed E-state index contributed by atoms with van der Waals surface area (Å²) in [4.78, 5) is 23.7. The molecule has 0 heterocycles. The highest BCUT2D eigenvalue weighted by Gasteiger charge is 2.21. The van der Waals surface area contributed by atoms with E-state index < -0.39 is 16.0 Å². The van der Waals surface area contributed by atoms with E-state index in [-0.39, 0.29) is 23.0 Å². The van der Waals surface area contributed by atoms with Crippen molar-refractivity contribution in [3.05, 3.63) is 60.2 Å². The zero-order valence-electron chi connectivity index (χ0n) is 16.1. The Morgan fingerprint density at radius 2 is 1.64 bits per heavy atom. The number of rotatable bonds is 8. The number of carbonyl (C=O) groups excluding carboxylic acids is 2. The maximum absolute atomic E-state index is 12.7. The molecule has 1 N–H and O–H groups in total. The summed E-state index contributed by atoms with van der Waals surface area (Å²) < 4.78 is 31.5. The first-order valence-corrected chi connectivity index (χ1v) is 10.2. The topological polar surface area (TPSA) is 92.8 Å². The summed E-state index contributed by atoms with van der Waals surface area (Å²) in [5.74, 6) is -0.783. The molecule has 0 aliphatic rings. The molecule has 0 aromatic heterocycles. The average molecular weight is 404 g/mol. The highest BCUT2D eigenvalue weighted by atomic mass is 32.2. The second-order valence-corrected chi connectivity index (χ2v) is 8.58. The first-order valence-electron chi connectivity index (χ1n) is 8.79. The van der Waals surface area contributed by atoms with Crippen molar-refractivity contribution in [2.75, 3.05) is 24.5 Å². The third kappa shape index (κ3) is 5.56. The van der Waals surface area contributed by atoms with Crippen LogP contribution in [0.25, 0.3) is 0 Å². The van der Waals surface area contributed by atoms with E-state index >= 15 is 0 Å². The molecule has 0 bridgehead atoms. The standard InChI is InChI=1S/C20H24N2O5S/c1-15(2)13-21-19(23)14-27-20(24)16-9-11-18(12-10-16)28(25,26)22(3)17-7-5-4-6-8-17/h4-12,15H,13-14H2,1-3H3,(H,21,23). The Labute approximate surface area is 165 Å². The normalized spacial score (nSPS) is 11.1. The van der Waals surface area contributed by atoms with Crippen LogP contribution in [0.2, 0.25) is 0 Å². The van der Waals surface area contributed by atoms with Crippen molar-refractivity contribution in [3.8, 4) is 0 Å². The van der Waals surface area contributed by atoms with Crippen LogP contribution in [-0.4, -0.2) is 40.5 Å². The van der Waals surface area contributed by atoms with Gasteiger partial charge in [-0.15, -0.1) is 0 Å². The molecule has 0 saturated carbocycles. The molecule has 150 valence electrons. The number of amides is 1. The van der Waals surface area contributed by atoms with Crippen molar-refractivity contribution in [1.29, 1.82) is 0 Å². The van der Waals surface area contributed by atoms with Crippen LogP contribution in [0, 0.1) is 5.92 Å². The predicted molar refractivity (Wildman–Crippen MR) is 107 cm³/mol. The lowest BCUT2D eigenvalue weighted by Gasteiger charge is -2.19. The number of ether oxygens (including phenoxy) is 1. The summed E-state index contributed by atoms with van der Waals surface area (Å²) in [5, 5.41) is 2.64. The average Bonchev–Trinajstić information content (AvgIpc) is 2.70. The number of hydrogen-bond acceptors (Lipinski definition) is 5. The molecular formula is C20H24N2O5S. The van der Waals surface area contributed by atoms with Crippen molar-refractivity contribution in [1.82, 2.24) is 5.32 Å². The number of nitrogens with zero attached hydrogens (tertiary/aromatic N) is 1. The van der Waals surface area contributed by atoms with E-state index in [1.807, 2.05) is 13.8 Å². The quantitative estimate of drug-likeness (QED) is 0.682. The summed E-state index contributed by atoms with van der Waals surface area (Å²) in [5.41, 5.74) is 0.691. The number of esters is 1. The van der Waals surface area contributed by atoms with Gasteiger partial charge in [0, 0.05) is 13.6 Å². The first-order chi connectivity index (χ1) is 13.2. The Bertz CT molecular complexity index is 909. The molecule has 0 saturated heterocycles. The van der Waals surface area contributed by atoms with Crippen LogP contribution >= 0.6 is 0 Å². The molecule has 2 rings (SSSR count). The van der Waals surface area contributed by atoms with E-state index in [1.165, 1.54) is 35.6 Å². The Morgan fingerprint density at radius 1 is 1.04 bits per heavy atom. The number of carbonyl (C=O) groups is 2. The summed E-state index contributed by atoms with van der Waals surface area (Å²) in [6.07, 6.45) is 0. The minimum atomic E-state index is -3.76. The summed E-state index contributed by atoms with van der Waals surface area (Å²) in [6.45, 7) is 4.02. The molecular weight excluding hydrogens is 380 g/mol. The van der Waals surface area contributed by atoms with Gasteiger partial charge in [0.25, 0.3) is 15.9 Å². The molecule has 0 aliphatic carbocycles. The van der Waals surface area contributed by atoms with Gasteiger partial charge in [-0.25, -0.2) is 13.2 Å². The van der Waals surface area contributed by atoms with Gasteiger partial charge in [0.1, 0.15) is 0 Å². The van der Waals surface area contributed by atoms with Gasteiger partial charge in [-0.1, -0.05) is 32.0 Å². The minimum Gasteiger partial charge on any atom is -0.452 e. The van der Waals surface area contributed by atoms with Gasteiger partial charge in [0.15, 0.2) is 6.61 Å². The zero-order valence-corrected chi connectivity index (χ0v) is 16.9. The van der Waals surface area contributed by atoms with Gasteiger partial charge in [0.2, 0.25) is 0 Å². The lowest BCUT2D eigenvalue weighted by molar-refractivity contribution is -0.124. The molecule has 0 unspecified atom stereocenters. The van der Waals surface area contributed by atoms with Crippen LogP contribution in [0.1, 0.15) is 24.2 Å². The van der Waals surface area contributed by atoms with Crippen molar-refractivity contribution < 1.29 is 22.7 Å².